The molecular formula is C14H18N2O2. The smallest absolute Gasteiger partial charge is 0.410 e. The maximum Gasteiger partial charge on any atom is 0.410 e. The topological polar surface area (TPSA) is 55.6 Å². The van der Waals surface area contributed by atoms with Crippen LogP contribution in [0.3, 0.4) is 0 Å². The van der Waals surface area contributed by atoms with Gasteiger partial charge in [-0.2, -0.15) is 0 Å². The summed E-state index contributed by atoms with van der Waals surface area (Å²) in [7, 11) is 0. The van der Waals surface area contributed by atoms with E-state index in [1.165, 1.54) is 0 Å². The van der Waals surface area contributed by atoms with E-state index >= 15 is 0 Å². The Bertz CT molecular complexity index is 433. The molecule has 0 spiro atoms. The molecule has 1 amide bonds. The van der Waals surface area contributed by atoms with Crippen molar-refractivity contribution in [3.63, 3.8) is 0 Å². The monoisotopic (exact) mass is 246 g/mol. The van der Waals surface area contributed by atoms with Crippen molar-refractivity contribution in [3.8, 4) is 0 Å². The maximum atomic E-state index is 12.0. The third-order valence-electron chi connectivity index (χ3n) is 4.04. The molecule has 0 radical (unpaired) electrons. The molecule has 1 saturated carbocycles. The lowest BCUT2D eigenvalue weighted by atomic mass is 10.0. The second-order valence-corrected chi connectivity index (χ2v) is 5.24. The van der Waals surface area contributed by atoms with Crippen LogP contribution in [0.4, 0.5) is 4.79 Å². The summed E-state index contributed by atoms with van der Waals surface area (Å²) < 4.78 is 5.35. The lowest BCUT2D eigenvalue weighted by molar-refractivity contribution is 0.0834. The van der Waals surface area contributed by atoms with Gasteiger partial charge in [-0.1, -0.05) is 30.3 Å². The number of likely N-dealkylation sites (tertiary alicyclic amines) is 1. The molecule has 18 heavy (non-hydrogen) atoms. The van der Waals surface area contributed by atoms with Crippen molar-refractivity contribution in [2.45, 2.75) is 31.5 Å². The number of nitrogens with zero attached hydrogens (tertiary/aromatic N) is 1. The fourth-order valence-electron chi connectivity index (χ4n) is 3.02. The number of rotatable bonds is 2. The highest BCUT2D eigenvalue weighted by atomic mass is 16.6. The Morgan fingerprint density at radius 2 is 2.11 bits per heavy atom. The Morgan fingerprint density at radius 1 is 1.33 bits per heavy atom. The van der Waals surface area contributed by atoms with Gasteiger partial charge in [-0.05, 0) is 24.3 Å². The van der Waals surface area contributed by atoms with Gasteiger partial charge in [-0.3, -0.25) is 0 Å². The molecule has 2 aliphatic rings. The lowest BCUT2D eigenvalue weighted by Gasteiger charge is -2.29. The molecule has 0 aromatic heterocycles. The number of hydrogen-bond acceptors (Lipinski definition) is 3. The molecular weight excluding hydrogens is 228 g/mol. The molecule has 4 nitrogen and oxygen atoms in total. The van der Waals surface area contributed by atoms with Crippen molar-refractivity contribution in [1.82, 2.24) is 4.90 Å². The van der Waals surface area contributed by atoms with Crippen LogP contribution in [0, 0.1) is 5.92 Å². The summed E-state index contributed by atoms with van der Waals surface area (Å²) in [5.41, 5.74) is 6.99. The molecule has 1 aromatic carbocycles. The number of ether oxygens (including phenoxy) is 1. The van der Waals surface area contributed by atoms with Gasteiger partial charge >= 0.3 is 6.09 Å². The molecule has 2 bridgehead atoms. The van der Waals surface area contributed by atoms with E-state index in [4.69, 9.17) is 10.5 Å². The van der Waals surface area contributed by atoms with E-state index in [2.05, 4.69) is 0 Å². The molecule has 3 rings (SSSR count). The second kappa shape index (κ2) is 4.61. The normalized spacial score (nSPS) is 29.6. The third-order valence-corrected chi connectivity index (χ3v) is 4.04. The van der Waals surface area contributed by atoms with Crippen molar-refractivity contribution >= 4 is 6.09 Å². The highest BCUT2D eigenvalue weighted by Gasteiger charge is 2.45. The van der Waals surface area contributed by atoms with Crippen LogP contribution >= 0.6 is 0 Å². The molecule has 1 aliphatic heterocycles. The number of benzene rings is 1. The number of nitrogens with two attached hydrogens (primary N) is 1. The van der Waals surface area contributed by atoms with Crippen LogP contribution in [0.25, 0.3) is 0 Å². The van der Waals surface area contributed by atoms with E-state index in [1.54, 1.807) is 0 Å². The summed E-state index contributed by atoms with van der Waals surface area (Å²) in [5, 5.41) is 0. The van der Waals surface area contributed by atoms with E-state index < -0.39 is 0 Å². The van der Waals surface area contributed by atoms with Gasteiger partial charge in [-0.15, -0.1) is 0 Å². The first kappa shape index (κ1) is 11.5. The van der Waals surface area contributed by atoms with Crippen LogP contribution in [0.15, 0.2) is 30.3 Å². The van der Waals surface area contributed by atoms with Gasteiger partial charge in [0.1, 0.15) is 6.61 Å². The average Bonchev–Trinajstić information content (AvgIpc) is 2.96. The van der Waals surface area contributed by atoms with Gasteiger partial charge in [0.15, 0.2) is 0 Å². The van der Waals surface area contributed by atoms with E-state index in [0.717, 1.165) is 24.9 Å². The average molecular weight is 246 g/mol. The van der Waals surface area contributed by atoms with Crippen LogP contribution in [0.2, 0.25) is 0 Å². The molecule has 1 aliphatic carbocycles. The maximum absolute atomic E-state index is 12.0. The van der Waals surface area contributed by atoms with Crippen LogP contribution in [0.5, 0.6) is 0 Å². The minimum absolute atomic E-state index is 0.196. The second-order valence-electron chi connectivity index (χ2n) is 5.24. The van der Waals surface area contributed by atoms with Crippen molar-refractivity contribution in [2.75, 3.05) is 6.54 Å². The summed E-state index contributed by atoms with van der Waals surface area (Å²) in [5.74, 6) is 0.472. The Hall–Kier alpha value is -1.55. The van der Waals surface area contributed by atoms with Crippen molar-refractivity contribution < 1.29 is 9.53 Å². The van der Waals surface area contributed by atoms with E-state index in [0.29, 0.717) is 18.6 Å². The molecule has 96 valence electrons. The van der Waals surface area contributed by atoms with Gasteiger partial charge < -0.3 is 15.4 Å². The number of amides is 1. The zero-order chi connectivity index (χ0) is 12.5. The standard InChI is InChI=1S/C14H18N2O2/c15-13-7-12-6-11(13)8-16(12)14(17)18-9-10-4-2-1-3-5-10/h1-5,11-13H,6-9,15H2/t11-,12+,13+/m0/s1. The summed E-state index contributed by atoms with van der Waals surface area (Å²) in [4.78, 5) is 13.8. The fourth-order valence-corrected chi connectivity index (χ4v) is 3.02. The number of piperidine rings is 1. The molecule has 3 atom stereocenters. The minimum Gasteiger partial charge on any atom is -0.445 e. The molecule has 2 N–H and O–H groups in total. The van der Waals surface area contributed by atoms with Crippen LogP contribution in [-0.4, -0.2) is 29.6 Å². The lowest BCUT2D eigenvalue weighted by Crippen LogP contribution is -2.44. The number of fused-ring (bicyclic) bond motifs is 2. The first-order valence-electron chi connectivity index (χ1n) is 6.47. The Kier molecular flexibility index (Phi) is 2.96. The first-order valence-corrected chi connectivity index (χ1v) is 6.47. The van der Waals surface area contributed by atoms with Gasteiger partial charge in [0.25, 0.3) is 0 Å². The largest absolute Gasteiger partial charge is 0.445 e. The van der Waals surface area contributed by atoms with Crippen molar-refractivity contribution in [2.24, 2.45) is 11.7 Å². The van der Waals surface area contributed by atoms with E-state index in [-0.39, 0.29) is 12.1 Å². The van der Waals surface area contributed by atoms with Gasteiger partial charge in [-0.25, -0.2) is 4.79 Å². The zero-order valence-corrected chi connectivity index (χ0v) is 10.3. The van der Waals surface area contributed by atoms with Gasteiger partial charge in [0.05, 0.1) is 0 Å². The zero-order valence-electron chi connectivity index (χ0n) is 10.3. The highest BCUT2D eigenvalue weighted by Crippen LogP contribution is 2.37. The quantitative estimate of drug-likeness (QED) is 0.864. The summed E-state index contributed by atoms with van der Waals surface area (Å²) >= 11 is 0. The summed E-state index contributed by atoms with van der Waals surface area (Å²) in [6.07, 6.45) is 1.77. The van der Waals surface area contributed by atoms with Gasteiger partial charge in [0, 0.05) is 18.6 Å². The SMILES string of the molecule is N[C@@H]1C[C@H]2C[C@H]1CN2C(=O)OCc1ccccc1. The first-order chi connectivity index (χ1) is 8.74. The third kappa shape index (κ3) is 2.08. The molecule has 2 fully saturated rings. The van der Waals surface area contributed by atoms with Crippen LogP contribution in [-0.2, 0) is 11.3 Å². The number of carbonyl (C=O) groups excluding carboxylic acids is 1. The molecule has 4 heteroatoms. The predicted octanol–water partition coefficient (Wildman–Crippen LogP) is 1.74. The molecule has 1 heterocycles. The van der Waals surface area contributed by atoms with Crippen LogP contribution in [0.1, 0.15) is 18.4 Å². The fraction of sp³-hybridized carbons (Fsp3) is 0.500. The molecule has 0 unspecified atom stereocenters. The number of carbonyl (C=O) groups is 1. The Labute approximate surface area is 107 Å². The predicted molar refractivity (Wildman–Crippen MR) is 67.8 cm³/mol. The van der Waals surface area contributed by atoms with E-state index in [1.807, 2.05) is 35.2 Å². The number of hydrogen-bond donors (Lipinski definition) is 1. The Balaban J connectivity index is 1.54. The van der Waals surface area contributed by atoms with Gasteiger partial charge in [0.2, 0.25) is 0 Å². The highest BCUT2D eigenvalue weighted by molar-refractivity contribution is 5.68. The van der Waals surface area contributed by atoms with Crippen LogP contribution < -0.4 is 5.73 Å². The molecule has 1 saturated heterocycles. The Morgan fingerprint density at radius 3 is 2.72 bits per heavy atom. The summed E-state index contributed by atoms with van der Waals surface area (Å²) in [6.45, 7) is 1.11. The van der Waals surface area contributed by atoms with Crippen molar-refractivity contribution in [1.29, 1.82) is 0 Å². The molecule has 1 aromatic rings. The van der Waals surface area contributed by atoms with Crippen molar-refractivity contribution in [3.05, 3.63) is 35.9 Å². The van der Waals surface area contributed by atoms with E-state index in [9.17, 15) is 4.79 Å². The minimum atomic E-state index is -0.196. The summed E-state index contributed by atoms with van der Waals surface area (Å²) in [6, 6.07) is 10.3.